The second-order valence-corrected chi connectivity index (χ2v) is 5.32. The Morgan fingerprint density at radius 2 is 2.05 bits per heavy atom. The first-order chi connectivity index (χ1) is 9.67. The van der Waals surface area contributed by atoms with Gasteiger partial charge in [-0.25, -0.2) is 0 Å². The molecule has 0 aliphatic heterocycles. The zero-order chi connectivity index (χ0) is 14.5. The number of hydrogen-bond donors (Lipinski definition) is 1. The smallest absolute Gasteiger partial charge is 0.0610 e. The molecule has 1 N–H and O–H groups in total. The van der Waals surface area contributed by atoms with Crippen LogP contribution >= 0.6 is 0 Å². The van der Waals surface area contributed by atoms with Crippen molar-refractivity contribution in [2.24, 2.45) is 0 Å². The van der Waals surface area contributed by atoms with Gasteiger partial charge in [-0.05, 0) is 43.5 Å². The molecule has 0 aliphatic carbocycles. The van der Waals surface area contributed by atoms with Crippen molar-refractivity contribution in [1.29, 1.82) is 0 Å². The average molecular weight is 271 g/mol. The number of aryl methyl sites for hydroxylation is 2. The molecular weight excluding hydrogens is 246 g/mol. The van der Waals surface area contributed by atoms with Gasteiger partial charge < -0.3 is 5.32 Å². The van der Waals surface area contributed by atoms with E-state index in [9.17, 15) is 0 Å². The molecule has 0 amide bonds. The molecule has 3 nitrogen and oxygen atoms in total. The van der Waals surface area contributed by atoms with Crippen LogP contribution in [0.3, 0.4) is 0 Å². The molecule has 1 atom stereocenters. The lowest BCUT2D eigenvalue weighted by Gasteiger charge is -2.20. The summed E-state index contributed by atoms with van der Waals surface area (Å²) in [5.41, 5.74) is 5.30. The minimum absolute atomic E-state index is 0.227. The molecule has 1 aromatic heterocycles. The molecule has 20 heavy (non-hydrogen) atoms. The van der Waals surface area contributed by atoms with Crippen molar-refractivity contribution in [2.75, 3.05) is 6.54 Å². The van der Waals surface area contributed by atoms with E-state index in [1.165, 1.54) is 22.3 Å². The first kappa shape index (κ1) is 14.8. The minimum Gasteiger partial charge on any atom is -0.306 e. The molecule has 3 heteroatoms. The quantitative estimate of drug-likeness (QED) is 0.870. The van der Waals surface area contributed by atoms with Crippen LogP contribution in [0, 0.1) is 13.8 Å². The topological polar surface area (TPSA) is 29.9 Å². The fourth-order valence-electron chi connectivity index (χ4n) is 2.58. The van der Waals surface area contributed by atoms with Gasteiger partial charge in [-0.3, -0.25) is 4.68 Å². The zero-order valence-corrected chi connectivity index (χ0v) is 13.0. The number of rotatable bonds is 6. The number of aromatic nitrogens is 2. The van der Waals surface area contributed by atoms with E-state index in [1.54, 1.807) is 0 Å². The van der Waals surface area contributed by atoms with Gasteiger partial charge in [0.25, 0.3) is 0 Å². The SMILES string of the molecule is CCCn1cc(C(NCC)c2cccc(C)c2C)cn1. The Labute approximate surface area is 122 Å². The molecule has 0 spiro atoms. The van der Waals surface area contributed by atoms with Crippen LogP contribution in [-0.2, 0) is 6.54 Å². The molecule has 1 unspecified atom stereocenters. The third-order valence-electron chi connectivity index (χ3n) is 3.81. The average Bonchev–Trinajstić information content (AvgIpc) is 2.88. The highest BCUT2D eigenvalue weighted by atomic mass is 15.3. The van der Waals surface area contributed by atoms with E-state index in [0.717, 1.165) is 19.5 Å². The van der Waals surface area contributed by atoms with E-state index in [0.29, 0.717) is 0 Å². The summed E-state index contributed by atoms with van der Waals surface area (Å²) < 4.78 is 2.03. The molecule has 0 saturated carbocycles. The molecular formula is C17H25N3. The van der Waals surface area contributed by atoms with Crippen molar-refractivity contribution in [1.82, 2.24) is 15.1 Å². The summed E-state index contributed by atoms with van der Waals surface area (Å²) in [5, 5.41) is 8.05. The van der Waals surface area contributed by atoms with Gasteiger partial charge in [0.2, 0.25) is 0 Å². The van der Waals surface area contributed by atoms with Crippen molar-refractivity contribution in [3.8, 4) is 0 Å². The van der Waals surface area contributed by atoms with Gasteiger partial charge >= 0.3 is 0 Å². The largest absolute Gasteiger partial charge is 0.306 e. The molecule has 0 aliphatic rings. The summed E-state index contributed by atoms with van der Waals surface area (Å²) in [4.78, 5) is 0. The van der Waals surface area contributed by atoms with E-state index in [-0.39, 0.29) is 6.04 Å². The highest BCUT2D eigenvalue weighted by Crippen LogP contribution is 2.26. The van der Waals surface area contributed by atoms with Crippen molar-refractivity contribution >= 4 is 0 Å². The Kier molecular flexibility index (Phi) is 4.96. The van der Waals surface area contributed by atoms with Gasteiger partial charge in [0.15, 0.2) is 0 Å². The number of nitrogens with zero attached hydrogens (tertiary/aromatic N) is 2. The highest BCUT2D eigenvalue weighted by molar-refractivity contribution is 5.39. The third kappa shape index (κ3) is 3.10. The van der Waals surface area contributed by atoms with Gasteiger partial charge in [-0.1, -0.05) is 32.0 Å². The molecule has 108 valence electrons. The Hall–Kier alpha value is -1.61. The number of nitrogens with one attached hydrogen (secondary N) is 1. The van der Waals surface area contributed by atoms with Crippen LogP contribution in [0.2, 0.25) is 0 Å². The van der Waals surface area contributed by atoms with Crippen LogP contribution in [0.15, 0.2) is 30.6 Å². The van der Waals surface area contributed by atoms with Gasteiger partial charge in [-0.2, -0.15) is 5.10 Å². The van der Waals surface area contributed by atoms with Gasteiger partial charge in [0, 0.05) is 18.3 Å². The number of hydrogen-bond acceptors (Lipinski definition) is 2. The first-order valence-corrected chi connectivity index (χ1v) is 7.49. The highest BCUT2D eigenvalue weighted by Gasteiger charge is 2.17. The van der Waals surface area contributed by atoms with Gasteiger partial charge in [-0.15, -0.1) is 0 Å². The maximum absolute atomic E-state index is 4.46. The summed E-state index contributed by atoms with van der Waals surface area (Å²) in [5.74, 6) is 0. The molecule has 0 bridgehead atoms. The second kappa shape index (κ2) is 6.71. The summed E-state index contributed by atoms with van der Waals surface area (Å²) >= 11 is 0. The second-order valence-electron chi connectivity index (χ2n) is 5.32. The normalized spacial score (nSPS) is 12.6. The zero-order valence-electron chi connectivity index (χ0n) is 13.0. The summed E-state index contributed by atoms with van der Waals surface area (Å²) in [7, 11) is 0. The third-order valence-corrected chi connectivity index (χ3v) is 3.81. The minimum atomic E-state index is 0.227. The van der Waals surface area contributed by atoms with Gasteiger partial charge in [0.1, 0.15) is 0 Å². The Morgan fingerprint density at radius 3 is 2.75 bits per heavy atom. The lowest BCUT2D eigenvalue weighted by Crippen LogP contribution is -2.22. The monoisotopic (exact) mass is 271 g/mol. The van der Waals surface area contributed by atoms with Crippen LogP contribution < -0.4 is 5.32 Å². The summed E-state index contributed by atoms with van der Waals surface area (Å²) in [6, 6.07) is 6.75. The van der Waals surface area contributed by atoms with Gasteiger partial charge in [0.05, 0.1) is 12.2 Å². The molecule has 2 aromatic rings. The van der Waals surface area contributed by atoms with Crippen molar-refractivity contribution in [3.63, 3.8) is 0 Å². The predicted molar refractivity (Wildman–Crippen MR) is 84.0 cm³/mol. The summed E-state index contributed by atoms with van der Waals surface area (Å²) in [6.45, 7) is 10.6. The fraction of sp³-hybridized carbons (Fsp3) is 0.471. The van der Waals surface area contributed by atoms with E-state index in [4.69, 9.17) is 0 Å². The van der Waals surface area contributed by atoms with E-state index >= 15 is 0 Å². The van der Waals surface area contributed by atoms with Crippen LogP contribution in [0.1, 0.15) is 48.6 Å². The van der Waals surface area contributed by atoms with Crippen LogP contribution in [-0.4, -0.2) is 16.3 Å². The summed E-state index contributed by atoms with van der Waals surface area (Å²) in [6.07, 6.45) is 5.26. The lowest BCUT2D eigenvalue weighted by atomic mass is 9.94. The van der Waals surface area contributed by atoms with Crippen molar-refractivity contribution in [3.05, 3.63) is 52.8 Å². The lowest BCUT2D eigenvalue weighted by molar-refractivity contribution is 0.597. The van der Waals surface area contributed by atoms with Crippen molar-refractivity contribution < 1.29 is 0 Å². The Balaban J connectivity index is 2.36. The molecule has 2 rings (SSSR count). The van der Waals surface area contributed by atoms with Crippen LogP contribution in [0.4, 0.5) is 0 Å². The Morgan fingerprint density at radius 1 is 1.25 bits per heavy atom. The molecule has 0 radical (unpaired) electrons. The molecule has 0 fully saturated rings. The maximum atomic E-state index is 4.46. The first-order valence-electron chi connectivity index (χ1n) is 7.49. The Bertz CT molecular complexity index is 557. The van der Waals surface area contributed by atoms with E-state index < -0.39 is 0 Å². The molecule has 0 saturated heterocycles. The van der Waals surface area contributed by atoms with Crippen molar-refractivity contribution in [2.45, 2.75) is 46.7 Å². The molecule has 1 heterocycles. The van der Waals surface area contributed by atoms with Crippen LogP contribution in [0.25, 0.3) is 0 Å². The maximum Gasteiger partial charge on any atom is 0.0610 e. The van der Waals surface area contributed by atoms with Crippen LogP contribution in [0.5, 0.6) is 0 Å². The number of benzene rings is 1. The predicted octanol–water partition coefficient (Wildman–Crippen LogP) is 3.61. The fourth-order valence-corrected chi connectivity index (χ4v) is 2.58. The van der Waals surface area contributed by atoms with E-state index in [2.05, 4.69) is 62.5 Å². The standard InChI is InChI=1S/C17H25N3/c1-5-10-20-12-15(11-19-20)17(18-6-2)16-9-7-8-13(3)14(16)4/h7-9,11-12,17-18H,5-6,10H2,1-4H3. The molecule has 1 aromatic carbocycles. The van der Waals surface area contributed by atoms with E-state index in [1.807, 2.05) is 10.9 Å².